The molecule has 0 unspecified atom stereocenters. The predicted molar refractivity (Wildman–Crippen MR) is 122 cm³/mol. The summed E-state index contributed by atoms with van der Waals surface area (Å²) in [6.45, 7) is 3.30. The first-order chi connectivity index (χ1) is 15.4. The summed E-state index contributed by atoms with van der Waals surface area (Å²) < 4.78 is 11.0. The summed E-state index contributed by atoms with van der Waals surface area (Å²) in [5, 5.41) is 6.08. The molecule has 2 heterocycles. The van der Waals surface area contributed by atoms with Crippen molar-refractivity contribution < 1.29 is 14.3 Å². The van der Waals surface area contributed by atoms with E-state index in [4.69, 9.17) is 9.47 Å². The number of rotatable bonds is 6. The zero-order chi connectivity index (χ0) is 22.7. The highest BCUT2D eigenvalue weighted by atomic mass is 16.5. The lowest BCUT2D eigenvalue weighted by Crippen LogP contribution is -2.53. The second-order valence-corrected chi connectivity index (χ2v) is 8.92. The lowest BCUT2D eigenvalue weighted by molar-refractivity contribution is 0.154. The molecule has 1 saturated heterocycles. The van der Waals surface area contributed by atoms with E-state index < -0.39 is 0 Å². The lowest BCUT2D eigenvalue weighted by Gasteiger charge is -2.45. The van der Waals surface area contributed by atoms with Crippen LogP contribution in [0.15, 0.2) is 30.6 Å². The molecule has 1 aliphatic carbocycles. The summed E-state index contributed by atoms with van der Waals surface area (Å²) in [6, 6.07) is 6.66. The topological polar surface area (TPSA) is 88.6 Å². The van der Waals surface area contributed by atoms with Gasteiger partial charge in [-0.15, -0.1) is 0 Å². The van der Waals surface area contributed by atoms with Crippen LogP contribution in [0.2, 0.25) is 0 Å². The molecule has 32 heavy (non-hydrogen) atoms. The van der Waals surface area contributed by atoms with Gasteiger partial charge in [0, 0.05) is 23.7 Å². The zero-order valence-corrected chi connectivity index (χ0v) is 19.4. The van der Waals surface area contributed by atoms with Crippen LogP contribution in [-0.2, 0) is 12.0 Å². The van der Waals surface area contributed by atoms with Crippen LogP contribution in [0.25, 0.3) is 0 Å². The first kappa shape index (κ1) is 22.3. The van der Waals surface area contributed by atoms with Gasteiger partial charge in [0.15, 0.2) is 11.5 Å². The first-order valence-corrected chi connectivity index (χ1v) is 11.2. The Kier molecular flexibility index (Phi) is 6.50. The molecule has 3 atom stereocenters. The summed E-state index contributed by atoms with van der Waals surface area (Å²) in [5.41, 5.74) is 2.97. The molecule has 2 aromatic rings. The number of nitrogens with zero attached hydrogens (tertiary/aromatic N) is 3. The second-order valence-electron chi connectivity index (χ2n) is 8.92. The number of carbonyl (C=O) groups excluding carboxylic acids is 1. The van der Waals surface area contributed by atoms with Crippen LogP contribution < -0.4 is 20.1 Å². The van der Waals surface area contributed by atoms with E-state index in [0.717, 1.165) is 55.1 Å². The maximum atomic E-state index is 12.5. The number of aryl methyl sites for hydroxylation is 1. The molecule has 0 bridgehead atoms. The van der Waals surface area contributed by atoms with Crippen LogP contribution in [-0.4, -0.2) is 60.8 Å². The van der Waals surface area contributed by atoms with E-state index in [-0.39, 0.29) is 17.5 Å². The monoisotopic (exact) mass is 439 g/mol. The minimum Gasteiger partial charge on any atom is -0.493 e. The van der Waals surface area contributed by atoms with Gasteiger partial charge >= 0.3 is 6.03 Å². The van der Waals surface area contributed by atoms with E-state index in [2.05, 4.69) is 44.7 Å². The summed E-state index contributed by atoms with van der Waals surface area (Å²) in [6.07, 6.45) is 7.39. The van der Waals surface area contributed by atoms with E-state index in [1.165, 1.54) is 5.56 Å². The SMILES string of the molecule is COc1ccc([C@@]23CC[C@@H](NC(=O)NCc4cnc(C)cn4)C[C@@H]2N(C)CC3)cc1OC. The fraction of sp³-hybridized carbons (Fsp3) is 0.542. The average Bonchev–Trinajstić information content (AvgIpc) is 3.15. The third-order valence-electron chi connectivity index (χ3n) is 7.09. The number of fused-ring (bicyclic) bond motifs is 1. The molecular weight excluding hydrogens is 406 g/mol. The lowest BCUT2D eigenvalue weighted by atomic mass is 9.65. The number of urea groups is 1. The Morgan fingerprint density at radius 1 is 1.19 bits per heavy atom. The van der Waals surface area contributed by atoms with E-state index in [1.807, 2.05) is 13.0 Å². The van der Waals surface area contributed by atoms with Crippen LogP contribution in [0.5, 0.6) is 11.5 Å². The Morgan fingerprint density at radius 2 is 2.00 bits per heavy atom. The van der Waals surface area contributed by atoms with Gasteiger partial charge in [-0.25, -0.2) is 4.79 Å². The molecule has 1 aromatic heterocycles. The molecule has 2 amide bonds. The van der Waals surface area contributed by atoms with Gasteiger partial charge in [-0.2, -0.15) is 0 Å². The van der Waals surface area contributed by atoms with Gasteiger partial charge in [-0.3, -0.25) is 9.97 Å². The fourth-order valence-electron chi connectivity index (χ4n) is 5.31. The first-order valence-electron chi connectivity index (χ1n) is 11.2. The number of benzene rings is 1. The maximum Gasteiger partial charge on any atom is 0.315 e. The number of hydrogen-bond donors (Lipinski definition) is 2. The standard InChI is InChI=1S/C24H33N5O3/c1-16-13-26-19(14-25-16)15-27-23(30)28-18-7-8-24(9-10-29(2)22(24)12-18)17-5-6-20(31-3)21(11-17)32-4/h5-6,11,13-14,18,22H,7-10,12,15H2,1-4H3,(H2,27,28,30)/t18-,22+,24+/m1/s1. The minimum absolute atomic E-state index is 0.0699. The van der Waals surface area contributed by atoms with Crippen molar-refractivity contribution in [1.82, 2.24) is 25.5 Å². The normalized spacial score (nSPS) is 25.1. The molecule has 8 nitrogen and oxygen atoms in total. The third-order valence-corrected chi connectivity index (χ3v) is 7.09. The van der Waals surface area contributed by atoms with E-state index in [1.54, 1.807) is 26.6 Å². The average molecular weight is 440 g/mol. The van der Waals surface area contributed by atoms with Crippen LogP contribution >= 0.6 is 0 Å². The number of hydrogen-bond acceptors (Lipinski definition) is 6. The van der Waals surface area contributed by atoms with Crippen molar-refractivity contribution in [3.63, 3.8) is 0 Å². The Balaban J connectivity index is 1.42. The Hall–Kier alpha value is -2.87. The van der Waals surface area contributed by atoms with Gasteiger partial charge in [0.05, 0.1) is 38.3 Å². The summed E-state index contributed by atoms with van der Waals surface area (Å²) >= 11 is 0. The van der Waals surface area contributed by atoms with Crippen molar-refractivity contribution in [2.24, 2.45) is 0 Å². The van der Waals surface area contributed by atoms with Crippen LogP contribution in [0.4, 0.5) is 4.79 Å². The second kappa shape index (κ2) is 9.32. The fourth-order valence-corrected chi connectivity index (χ4v) is 5.31. The van der Waals surface area contributed by atoms with Gasteiger partial charge in [0.2, 0.25) is 0 Å². The van der Waals surface area contributed by atoms with Crippen LogP contribution in [0.3, 0.4) is 0 Å². The number of ether oxygens (including phenoxy) is 2. The number of amides is 2. The number of likely N-dealkylation sites (N-methyl/N-ethyl adjacent to an activating group) is 1. The maximum absolute atomic E-state index is 12.5. The molecule has 1 saturated carbocycles. The van der Waals surface area contributed by atoms with Crippen molar-refractivity contribution in [2.75, 3.05) is 27.8 Å². The smallest absolute Gasteiger partial charge is 0.315 e. The number of nitrogens with one attached hydrogen (secondary N) is 2. The third kappa shape index (κ3) is 4.37. The van der Waals surface area contributed by atoms with Crippen molar-refractivity contribution in [2.45, 2.75) is 56.7 Å². The molecule has 1 aromatic carbocycles. The van der Waals surface area contributed by atoms with Gasteiger partial charge in [0.25, 0.3) is 0 Å². The van der Waals surface area contributed by atoms with Gasteiger partial charge in [-0.1, -0.05) is 6.07 Å². The van der Waals surface area contributed by atoms with Gasteiger partial charge in [0.1, 0.15) is 0 Å². The van der Waals surface area contributed by atoms with Crippen LogP contribution in [0.1, 0.15) is 42.6 Å². The van der Waals surface area contributed by atoms with Crippen molar-refractivity contribution in [1.29, 1.82) is 0 Å². The largest absolute Gasteiger partial charge is 0.493 e. The molecule has 4 rings (SSSR count). The van der Waals surface area contributed by atoms with Crippen molar-refractivity contribution in [3.8, 4) is 11.5 Å². The highest BCUT2D eigenvalue weighted by Crippen LogP contribution is 2.49. The van der Waals surface area contributed by atoms with E-state index in [9.17, 15) is 4.79 Å². The van der Waals surface area contributed by atoms with Crippen LogP contribution in [0, 0.1) is 6.92 Å². The highest BCUT2D eigenvalue weighted by molar-refractivity contribution is 5.74. The summed E-state index contributed by atoms with van der Waals surface area (Å²) in [5.74, 6) is 1.52. The molecule has 2 fully saturated rings. The molecular formula is C24H33N5O3. The van der Waals surface area contributed by atoms with E-state index in [0.29, 0.717) is 12.6 Å². The van der Waals surface area contributed by atoms with Gasteiger partial charge in [-0.05, 0) is 63.9 Å². The Labute approximate surface area is 189 Å². The molecule has 172 valence electrons. The number of aromatic nitrogens is 2. The number of carbonyl (C=O) groups is 1. The molecule has 2 aliphatic rings. The Bertz CT molecular complexity index is 951. The van der Waals surface area contributed by atoms with Crippen molar-refractivity contribution >= 4 is 6.03 Å². The number of likely N-dealkylation sites (tertiary alicyclic amines) is 1. The predicted octanol–water partition coefficient (Wildman–Crippen LogP) is 2.80. The molecule has 0 spiro atoms. The van der Waals surface area contributed by atoms with E-state index >= 15 is 0 Å². The minimum atomic E-state index is -0.156. The Morgan fingerprint density at radius 3 is 2.72 bits per heavy atom. The summed E-state index contributed by atoms with van der Waals surface area (Å²) in [7, 11) is 5.53. The molecule has 2 N–H and O–H groups in total. The molecule has 1 aliphatic heterocycles. The quantitative estimate of drug-likeness (QED) is 0.720. The van der Waals surface area contributed by atoms with Crippen molar-refractivity contribution in [3.05, 3.63) is 47.5 Å². The molecule has 8 heteroatoms. The van der Waals surface area contributed by atoms with Gasteiger partial charge < -0.3 is 25.0 Å². The molecule has 0 radical (unpaired) electrons. The summed E-state index contributed by atoms with van der Waals surface area (Å²) in [4.78, 5) is 23.5. The highest BCUT2D eigenvalue weighted by Gasteiger charge is 2.50. The number of methoxy groups -OCH3 is 2. The zero-order valence-electron chi connectivity index (χ0n) is 19.4.